The molecule has 41 valence electrons. The Morgan fingerprint density at radius 3 is 2.88 bits per heavy atom. The van der Waals surface area contributed by atoms with E-state index in [9.17, 15) is 0 Å². The van der Waals surface area contributed by atoms with Gasteiger partial charge in [0.15, 0.2) is 0 Å². The molecule has 0 aromatic carbocycles. The molecule has 0 N–H and O–H groups in total. The first-order valence-electron chi connectivity index (χ1n) is 1.98. The monoisotopic (exact) mass is 190 g/mol. The molecule has 1 heterocycles. The number of rotatable bonds is 0. The Morgan fingerprint density at radius 2 is 2.50 bits per heavy atom. The van der Waals surface area contributed by atoms with Crippen LogP contribution >= 0.6 is 27.5 Å². The van der Waals surface area contributed by atoms with Crippen LogP contribution in [-0.4, -0.2) is 4.98 Å². The van der Waals surface area contributed by atoms with Crippen molar-refractivity contribution in [3.8, 4) is 0 Å². The van der Waals surface area contributed by atoms with E-state index in [1.54, 1.807) is 12.3 Å². The molecule has 0 aliphatic carbocycles. The lowest BCUT2D eigenvalue weighted by molar-refractivity contribution is 1.31. The standard InChI is InChI=1S/C5H2BrClN/c6-4-1-2-8-5(7)3-4/h1-2H. The van der Waals surface area contributed by atoms with Gasteiger partial charge in [-0.1, -0.05) is 11.6 Å². The number of nitrogens with zero attached hydrogens (tertiary/aromatic N) is 1. The first kappa shape index (κ1) is 6.05. The van der Waals surface area contributed by atoms with Crippen LogP contribution in [0.15, 0.2) is 16.7 Å². The van der Waals surface area contributed by atoms with Crippen molar-refractivity contribution in [1.82, 2.24) is 4.98 Å². The van der Waals surface area contributed by atoms with Crippen LogP contribution in [0.2, 0.25) is 5.15 Å². The van der Waals surface area contributed by atoms with Crippen molar-refractivity contribution in [2.75, 3.05) is 0 Å². The fourth-order valence-corrected chi connectivity index (χ4v) is 0.919. The lowest BCUT2D eigenvalue weighted by Gasteiger charge is -1.85. The minimum atomic E-state index is 0.388. The van der Waals surface area contributed by atoms with E-state index in [4.69, 9.17) is 11.6 Å². The third-order valence-electron chi connectivity index (χ3n) is 0.631. The van der Waals surface area contributed by atoms with Gasteiger partial charge < -0.3 is 0 Å². The van der Waals surface area contributed by atoms with E-state index < -0.39 is 0 Å². The van der Waals surface area contributed by atoms with E-state index in [1.807, 2.05) is 0 Å². The number of hydrogen-bond donors (Lipinski definition) is 0. The second kappa shape index (κ2) is 2.46. The second-order valence-corrected chi connectivity index (χ2v) is 2.42. The lowest BCUT2D eigenvalue weighted by Crippen LogP contribution is -1.70. The van der Waals surface area contributed by atoms with Crippen LogP contribution < -0.4 is 0 Å². The summed E-state index contributed by atoms with van der Waals surface area (Å²) in [7, 11) is 0. The molecule has 0 unspecified atom stereocenters. The molecule has 0 saturated carbocycles. The summed E-state index contributed by atoms with van der Waals surface area (Å²) in [5.41, 5.74) is 0. The first-order valence-corrected chi connectivity index (χ1v) is 3.15. The highest BCUT2D eigenvalue weighted by Gasteiger charge is 1.87. The molecule has 1 radical (unpaired) electrons. The maximum atomic E-state index is 5.45. The Bertz CT molecular complexity index is 172. The molecule has 0 spiro atoms. The molecular weight excluding hydrogens is 189 g/mol. The van der Waals surface area contributed by atoms with Crippen LogP contribution in [0.3, 0.4) is 0 Å². The summed E-state index contributed by atoms with van der Waals surface area (Å²) in [6.07, 6.45) is 1.61. The number of pyridine rings is 1. The number of hydrogen-bond acceptors (Lipinski definition) is 1. The zero-order valence-electron chi connectivity index (χ0n) is 3.86. The molecule has 0 atom stereocenters. The first-order chi connectivity index (χ1) is 3.79. The Balaban J connectivity index is 3.08. The molecule has 0 saturated heterocycles. The van der Waals surface area contributed by atoms with E-state index in [0.717, 1.165) is 4.47 Å². The zero-order chi connectivity index (χ0) is 5.98. The Kier molecular flexibility index (Phi) is 1.86. The highest BCUT2D eigenvalue weighted by molar-refractivity contribution is 9.10. The van der Waals surface area contributed by atoms with Crippen molar-refractivity contribution in [1.29, 1.82) is 0 Å². The third-order valence-corrected chi connectivity index (χ3v) is 1.29. The van der Waals surface area contributed by atoms with Gasteiger partial charge in [-0.15, -0.1) is 0 Å². The van der Waals surface area contributed by atoms with E-state index in [2.05, 4.69) is 27.0 Å². The van der Waals surface area contributed by atoms with Gasteiger partial charge in [0.25, 0.3) is 0 Å². The quantitative estimate of drug-likeness (QED) is 0.574. The van der Waals surface area contributed by atoms with Crippen molar-refractivity contribution in [2.45, 2.75) is 0 Å². The maximum absolute atomic E-state index is 5.45. The molecule has 0 aliphatic rings. The molecule has 1 rings (SSSR count). The smallest absolute Gasteiger partial charge is 0.138 e. The fourth-order valence-electron chi connectivity index (χ4n) is 0.341. The molecule has 8 heavy (non-hydrogen) atoms. The van der Waals surface area contributed by atoms with Crippen LogP contribution in [0.1, 0.15) is 0 Å². The van der Waals surface area contributed by atoms with Crippen molar-refractivity contribution >= 4 is 27.5 Å². The molecule has 0 aliphatic heterocycles. The van der Waals surface area contributed by atoms with E-state index in [1.165, 1.54) is 0 Å². The molecule has 0 bridgehead atoms. The molecule has 1 aromatic rings. The van der Waals surface area contributed by atoms with Gasteiger partial charge in [-0.25, -0.2) is 4.98 Å². The average molecular weight is 191 g/mol. The fraction of sp³-hybridized carbons (Fsp3) is 0. The summed E-state index contributed by atoms with van der Waals surface area (Å²) < 4.78 is 0.831. The van der Waals surface area contributed by atoms with Crippen LogP contribution in [0, 0.1) is 6.07 Å². The van der Waals surface area contributed by atoms with Gasteiger partial charge in [-0.05, 0) is 22.0 Å². The summed E-state index contributed by atoms with van der Waals surface area (Å²) in [6.45, 7) is 0. The van der Waals surface area contributed by atoms with Gasteiger partial charge in [0.05, 0.1) is 0 Å². The zero-order valence-corrected chi connectivity index (χ0v) is 6.20. The predicted octanol–water partition coefficient (Wildman–Crippen LogP) is 2.30. The second-order valence-electron chi connectivity index (χ2n) is 1.21. The van der Waals surface area contributed by atoms with Crippen LogP contribution in [0.25, 0.3) is 0 Å². The van der Waals surface area contributed by atoms with E-state index >= 15 is 0 Å². The molecule has 1 aromatic heterocycles. The van der Waals surface area contributed by atoms with Crippen LogP contribution in [0.4, 0.5) is 0 Å². The summed E-state index contributed by atoms with van der Waals surface area (Å²) in [4.78, 5) is 3.72. The molecular formula is C5H2BrClN. The maximum Gasteiger partial charge on any atom is 0.138 e. The van der Waals surface area contributed by atoms with Crippen LogP contribution in [0.5, 0.6) is 0 Å². The SMILES string of the molecule is Clc1[c]c(Br)ccn1. The van der Waals surface area contributed by atoms with Crippen molar-refractivity contribution < 1.29 is 0 Å². The van der Waals surface area contributed by atoms with Crippen molar-refractivity contribution in [3.05, 3.63) is 28.0 Å². The van der Waals surface area contributed by atoms with Gasteiger partial charge in [0.1, 0.15) is 5.15 Å². The molecule has 1 nitrogen and oxygen atoms in total. The summed E-state index contributed by atoms with van der Waals surface area (Å²) >= 11 is 8.63. The minimum Gasteiger partial charge on any atom is -0.244 e. The minimum absolute atomic E-state index is 0.388. The van der Waals surface area contributed by atoms with Crippen LogP contribution in [-0.2, 0) is 0 Å². The largest absolute Gasteiger partial charge is 0.244 e. The van der Waals surface area contributed by atoms with Crippen molar-refractivity contribution in [3.63, 3.8) is 0 Å². The Hall–Kier alpha value is -0.0800. The highest BCUT2D eigenvalue weighted by Crippen LogP contribution is 2.10. The number of halogens is 2. The molecule has 3 heteroatoms. The summed E-state index contributed by atoms with van der Waals surface area (Å²) in [6, 6.07) is 4.51. The third kappa shape index (κ3) is 1.46. The normalized spacial score (nSPS) is 9.25. The lowest BCUT2D eigenvalue weighted by atomic mass is 10.5. The number of aromatic nitrogens is 1. The Labute approximate surface area is 60.8 Å². The molecule has 0 amide bonds. The topological polar surface area (TPSA) is 12.9 Å². The summed E-state index contributed by atoms with van der Waals surface area (Å²) in [5, 5.41) is 0.388. The van der Waals surface area contributed by atoms with E-state index in [-0.39, 0.29) is 0 Å². The average Bonchev–Trinajstić information content (AvgIpc) is 1.64. The Morgan fingerprint density at radius 1 is 1.75 bits per heavy atom. The van der Waals surface area contributed by atoms with Gasteiger partial charge >= 0.3 is 0 Å². The molecule has 0 fully saturated rings. The van der Waals surface area contributed by atoms with Gasteiger partial charge in [0.2, 0.25) is 0 Å². The van der Waals surface area contributed by atoms with Crippen molar-refractivity contribution in [2.24, 2.45) is 0 Å². The van der Waals surface area contributed by atoms with E-state index in [0.29, 0.717) is 5.15 Å². The highest BCUT2D eigenvalue weighted by atomic mass is 79.9. The van der Waals surface area contributed by atoms with Gasteiger partial charge in [-0.3, -0.25) is 0 Å². The summed E-state index contributed by atoms with van der Waals surface area (Å²) in [5.74, 6) is 0. The predicted molar refractivity (Wildman–Crippen MR) is 35.8 cm³/mol. The van der Waals surface area contributed by atoms with Gasteiger partial charge in [-0.2, -0.15) is 0 Å². The van der Waals surface area contributed by atoms with Gasteiger partial charge in [0, 0.05) is 16.7 Å².